The Balaban J connectivity index is 2.83. The van der Waals surface area contributed by atoms with Gasteiger partial charge in [-0.05, 0) is 34.5 Å². The van der Waals surface area contributed by atoms with Crippen LogP contribution in [0.5, 0.6) is 0 Å². The van der Waals surface area contributed by atoms with Crippen LogP contribution in [-0.2, 0) is 9.59 Å². The number of nitrogens with two attached hydrogens (primary N) is 1. The molecule has 0 spiro atoms. The predicted octanol–water partition coefficient (Wildman–Crippen LogP) is 1.04. The first-order valence-corrected chi connectivity index (χ1v) is 6.38. The minimum Gasteiger partial charge on any atom is -0.480 e. The van der Waals surface area contributed by atoms with Crippen molar-refractivity contribution in [2.75, 3.05) is 0 Å². The van der Waals surface area contributed by atoms with Crippen molar-refractivity contribution in [3.05, 3.63) is 34.1 Å². The molecule has 1 rings (SSSR count). The maximum absolute atomic E-state index is 13.7. The van der Waals surface area contributed by atoms with Crippen LogP contribution in [0.15, 0.2) is 22.7 Å². The summed E-state index contributed by atoms with van der Waals surface area (Å²) in [6.45, 7) is 0. The smallest absolute Gasteiger partial charge is 0.326 e. The Bertz CT molecular complexity index is 550. The highest BCUT2D eigenvalue weighted by atomic mass is 79.9. The number of hydrogen-bond donors (Lipinski definition) is 3. The largest absolute Gasteiger partial charge is 0.480 e. The van der Waals surface area contributed by atoms with Gasteiger partial charge in [-0.25, -0.2) is 9.18 Å². The van der Waals surface area contributed by atoms with Gasteiger partial charge in [0.05, 0.1) is 10.0 Å². The summed E-state index contributed by atoms with van der Waals surface area (Å²) in [5.74, 6) is -3.67. The molecular formula is C12H12BrFN2O4. The lowest BCUT2D eigenvalue weighted by Gasteiger charge is -2.14. The molecule has 0 aliphatic carbocycles. The number of nitrogens with one attached hydrogen (secondary N) is 1. The molecule has 1 aromatic rings. The van der Waals surface area contributed by atoms with E-state index >= 15 is 0 Å². The van der Waals surface area contributed by atoms with Gasteiger partial charge in [0.15, 0.2) is 0 Å². The van der Waals surface area contributed by atoms with Crippen LogP contribution >= 0.6 is 15.9 Å². The molecule has 4 N–H and O–H groups in total. The standard InChI is InChI=1S/C12H12BrFN2O4/c13-7-3-1-2-6(10(7)14)11(18)16-8(12(19)20)4-5-9(15)17/h1-3,8H,4-5H2,(H2,15,17)(H,16,18)(H,19,20). The van der Waals surface area contributed by atoms with Crippen molar-refractivity contribution in [1.29, 1.82) is 0 Å². The molecule has 2 amide bonds. The summed E-state index contributed by atoms with van der Waals surface area (Å²) in [6.07, 6.45) is -0.357. The number of carboxylic acids is 1. The van der Waals surface area contributed by atoms with E-state index < -0.39 is 29.6 Å². The molecule has 0 saturated heterocycles. The van der Waals surface area contributed by atoms with E-state index in [2.05, 4.69) is 21.2 Å². The molecular weight excluding hydrogens is 335 g/mol. The van der Waals surface area contributed by atoms with Crippen molar-refractivity contribution >= 4 is 33.7 Å². The zero-order valence-electron chi connectivity index (χ0n) is 10.2. The number of carboxylic acid groups (broad SMARTS) is 1. The second-order valence-corrected chi connectivity index (χ2v) is 4.82. The highest BCUT2D eigenvalue weighted by Gasteiger charge is 2.23. The van der Waals surface area contributed by atoms with Gasteiger partial charge in [-0.3, -0.25) is 9.59 Å². The Morgan fingerprint density at radius 2 is 2.05 bits per heavy atom. The summed E-state index contributed by atoms with van der Waals surface area (Å²) >= 11 is 2.93. The molecule has 6 nitrogen and oxygen atoms in total. The van der Waals surface area contributed by atoms with Crippen LogP contribution in [0, 0.1) is 5.82 Å². The molecule has 0 saturated carbocycles. The van der Waals surface area contributed by atoms with Gasteiger partial charge in [0, 0.05) is 6.42 Å². The highest BCUT2D eigenvalue weighted by Crippen LogP contribution is 2.18. The van der Waals surface area contributed by atoms with Gasteiger partial charge in [0.25, 0.3) is 5.91 Å². The zero-order chi connectivity index (χ0) is 15.3. The predicted molar refractivity (Wildman–Crippen MR) is 71.4 cm³/mol. The van der Waals surface area contributed by atoms with E-state index in [0.717, 1.165) is 0 Å². The minimum absolute atomic E-state index is 0.0918. The fourth-order valence-electron chi connectivity index (χ4n) is 1.46. The fourth-order valence-corrected chi connectivity index (χ4v) is 1.83. The first kappa shape index (κ1) is 16.1. The lowest BCUT2D eigenvalue weighted by molar-refractivity contribution is -0.139. The number of amides is 2. The third kappa shape index (κ3) is 4.30. The number of rotatable bonds is 6. The number of benzene rings is 1. The highest BCUT2D eigenvalue weighted by molar-refractivity contribution is 9.10. The third-order valence-corrected chi connectivity index (χ3v) is 3.09. The number of hydrogen-bond acceptors (Lipinski definition) is 3. The SMILES string of the molecule is NC(=O)CCC(NC(=O)c1cccc(Br)c1F)C(=O)O. The summed E-state index contributed by atoms with van der Waals surface area (Å²) < 4.78 is 13.8. The Kier molecular flexibility index (Phi) is 5.63. The van der Waals surface area contributed by atoms with Gasteiger partial charge in [0.1, 0.15) is 11.9 Å². The fraction of sp³-hybridized carbons (Fsp3) is 0.250. The first-order valence-electron chi connectivity index (χ1n) is 5.59. The van der Waals surface area contributed by atoms with Crippen LogP contribution in [0.2, 0.25) is 0 Å². The van der Waals surface area contributed by atoms with E-state index in [1.807, 2.05) is 0 Å². The van der Waals surface area contributed by atoms with E-state index in [0.29, 0.717) is 0 Å². The van der Waals surface area contributed by atoms with E-state index in [1.54, 1.807) is 0 Å². The Labute approximate surface area is 122 Å². The molecule has 1 unspecified atom stereocenters. The van der Waals surface area contributed by atoms with Crippen molar-refractivity contribution in [3.63, 3.8) is 0 Å². The number of carbonyl (C=O) groups is 3. The summed E-state index contributed by atoms with van der Waals surface area (Å²) in [5, 5.41) is 11.1. The molecule has 0 heterocycles. The van der Waals surface area contributed by atoms with Gasteiger partial charge in [-0.2, -0.15) is 0 Å². The summed E-state index contributed by atoms with van der Waals surface area (Å²) in [4.78, 5) is 33.4. The number of carbonyl (C=O) groups excluding carboxylic acids is 2. The Morgan fingerprint density at radius 1 is 1.40 bits per heavy atom. The van der Waals surface area contributed by atoms with Gasteiger partial charge >= 0.3 is 5.97 Å². The molecule has 20 heavy (non-hydrogen) atoms. The van der Waals surface area contributed by atoms with Crippen molar-refractivity contribution < 1.29 is 23.9 Å². The maximum Gasteiger partial charge on any atom is 0.326 e. The second kappa shape index (κ2) is 6.99. The molecule has 8 heteroatoms. The van der Waals surface area contributed by atoms with Gasteiger partial charge < -0.3 is 16.2 Å². The summed E-state index contributed by atoms with van der Waals surface area (Å²) in [6, 6.07) is 2.77. The Hall–Kier alpha value is -1.96. The van der Waals surface area contributed by atoms with Crippen LogP contribution in [-0.4, -0.2) is 28.9 Å². The normalized spacial score (nSPS) is 11.7. The monoisotopic (exact) mass is 346 g/mol. The number of primary amides is 1. The average Bonchev–Trinajstić information content (AvgIpc) is 2.36. The molecule has 0 bridgehead atoms. The molecule has 0 radical (unpaired) electrons. The third-order valence-electron chi connectivity index (χ3n) is 2.48. The molecule has 1 atom stereocenters. The van der Waals surface area contributed by atoms with Crippen molar-refractivity contribution in [2.45, 2.75) is 18.9 Å². The summed E-state index contributed by atoms with van der Waals surface area (Å²) in [5.41, 5.74) is 4.63. The average molecular weight is 347 g/mol. The van der Waals surface area contributed by atoms with E-state index in [-0.39, 0.29) is 22.9 Å². The van der Waals surface area contributed by atoms with Crippen molar-refractivity contribution in [2.24, 2.45) is 5.73 Å². The molecule has 1 aromatic carbocycles. The van der Waals surface area contributed by atoms with Crippen molar-refractivity contribution in [1.82, 2.24) is 5.32 Å². The zero-order valence-corrected chi connectivity index (χ0v) is 11.8. The molecule has 0 aliphatic rings. The van der Waals surface area contributed by atoms with Crippen LogP contribution in [0.3, 0.4) is 0 Å². The lowest BCUT2D eigenvalue weighted by atomic mass is 10.1. The second-order valence-electron chi connectivity index (χ2n) is 3.97. The number of halogens is 2. The summed E-state index contributed by atoms with van der Waals surface area (Å²) in [7, 11) is 0. The molecule has 108 valence electrons. The molecule has 0 aromatic heterocycles. The van der Waals surface area contributed by atoms with E-state index in [4.69, 9.17) is 10.8 Å². The molecule has 0 fully saturated rings. The van der Waals surface area contributed by atoms with E-state index in [1.165, 1.54) is 18.2 Å². The molecule has 0 aliphatic heterocycles. The van der Waals surface area contributed by atoms with Crippen LogP contribution in [0.4, 0.5) is 4.39 Å². The van der Waals surface area contributed by atoms with E-state index in [9.17, 15) is 18.8 Å². The van der Waals surface area contributed by atoms with Crippen molar-refractivity contribution in [3.8, 4) is 0 Å². The minimum atomic E-state index is -1.32. The van der Waals surface area contributed by atoms with Crippen LogP contribution in [0.25, 0.3) is 0 Å². The van der Waals surface area contributed by atoms with Crippen LogP contribution in [0.1, 0.15) is 23.2 Å². The topological polar surface area (TPSA) is 109 Å². The van der Waals surface area contributed by atoms with Gasteiger partial charge in [-0.1, -0.05) is 6.07 Å². The number of aliphatic carboxylic acids is 1. The van der Waals surface area contributed by atoms with Gasteiger partial charge in [0.2, 0.25) is 5.91 Å². The quantitative estimate of drug-likeness (QED) is 0.714. The Morgan fingerprint density at radius 3 is 2.60 bits per heavy atom. The van der Waals surface area contributed by atoms with Crippen LogP contribution < -0.4 is 11.1 Å². The lowest BCUT2D eigenvalue weighted by Crippen LogP contribution is -2.41. The van der Waals surface area contributed by atoms with Gasteiger partial charge in [-0.15, -0.1) is 0 Å². The first-order chi connectivity index (χ1) is 9.32. The maximum atomic E-state index is 13.7.